The summed E-state index contributed by atoms with van der Waals surface area (Å²) in [7, 11) is 4.68. The molecule has 0 aromatic carbocycles. The Balaban J connectivity index is 1.32. The first-order valence-corrected chi connectivity index (χ1v) is 9.52. The molecule has 2 fully saturated rings. The van der Waals surface area contributed by atoms with Crippen LogP contribution < -0.4 is 0 Å². The lowest BCUT2D eigenvalue weighted by molar-refractivity contribution is -0.898. The molecular formula is C18H38N2O3+2. The Kier molecular flexibility index (Phi) is 8.27. The van der Waals surface area contributed by atoms with Gasteiger partial charge in [0.2, 0.25) is 0 Å². The van der Waals surface area contributed by atoms with Crippen LogP contribution in [0.3, 0.4) is 0 Å². The molecular weight excluding hydrogens is 292 g/mol. The van der Waals surface area contributed by atoms with Crippen LogP contribution >= 0.6 is 0 Å². The van der Waals surface area contributed by atoms with Gasteiger partial charge in [0.15, 0.2) is 0 Å². The number of rotatable bonds is 12. The Hall–Kier alpha value is -0.200. The third-order valence-electron chi connectivity index (χ3n) is 5.59. The monoisotopic (exact) mass is 330 g/mol. The molecule has 2 rings (SSSR count). The highest BCUT2D eigenvalue weighted by Crippen LogP contribution is 2.16. The minimum Gasteiger partial charge on any atom is -0.377 e. The number of ether oxygens (including phenoxy) is 3. The van der Waals surface area contributed by atoms with E-state index in [1.54, 1.807) is 0 Å². The number of quaternary nitrogens is 2. The van der Waals surface area contributed by atoms with Gasteiger partial charge < -0.3 is 23.2 Å². The van der Waals surface area contributed by atoms with E-state index < -0.39 is 0 Å². The lowest BCUT2D eigenvalue weighted by Gasteiger charge is -2.28. The van der Waals surface area contributed by atoms with Crippen molar-refractivity contribution in [2.45, 2.75) is 25.7 Å². The van der Waals surface area contributed by atoms with Crippen LogP contribution in [-0.2, 0) is 14.2 Å². The molecule has 0 saturated carbocycles. The van der Waals surface area contributed by atoms with Gasteiger partial charge >= 0.3 is 0 Å². The molecule has 2 aliphatic heterocycles. The van der Waals surface area contributed by atoms with Crippen LogP contribution in [0.25, 0.3) is 0 Å². The highest BCUT2D eigenvalue weighted by molar-refractivity contribution is 4.52. The van der Waals surface area contributed by atoms with Crippen molar-refractivity contribution in [2.75, 3.05) is 93.0 Å². The molecule has 0 amide bonds. The van der Waals surface area contributed by atoms with E-state index in [1.165, 1.54) is 60.8 Å². The third-order valence-corrected chi connectivity index (χ3v) is 5.59. The van der Waals surface area contributed by atoms with Crippen molar-refractivity contribution in [1.29, 1.82) is 0 Å². The molecule has 2 heterocycles. The van der Waals surface area contributed by atoms with Crippen LogP contribution in [0.4, 0.5) is 0 Å². The molecule has 23 heavy (non-hydrogen) atoms. The number of likely N-dealkylation sites (N-methyl/N-ethyl adjacent to an activating group) is 2. The molecule has 136 valence electrons. The van der Waals surface area contributed by atoms with Crippen LogP contribution in [0.15, 0.2) is 0 Å². The first-order chi connectivity index (χ1) is 11.1. The fourth-order valence-corrected chi connectivity index (χ4v) is 3.76. The van der Waals surface area contributed by atoms with Crippen molar-refractivity contribution >= 4 is 0 Å². The molecule has 0 N–H and O–H groups in total. The zero-order chi connectivity index (χ0) is 16.4. The third kappa shape index (κ3) is 7.48. The molecule has 0 aromatic rings. The summed E-state index contributed by atoms with van der Waals surface area (Å²) in [5, 5.41) is 0. The normalized spacial score (nSPS) is 22.7. The van der Waals surface area contributed by atoms with E-state index in [4.69, 9.17) is 14.2 Å². The van der Waals surface area contributed by atoms with E-state index in [0.717, 1.165) is 26.3 Å². The van der Waals surface area contributed by atoms with Gasteiger partial charge in [0.1, 0.15) is 13.1 Å². The van der Waals surface area contributed by atoms with Gasteiger partial charge in [0.25, 0.3) is 0 Å². The second kappa shape index (κ2) is 9.94. The molecule has 0 aliphatic carbocycles. The Morgan fingerprint density at radius 2 is 0.826 bits per heavy atom. The van der Waals surface area contributed by atoms with Gasteiger partial charge in [-0.05, 0) is 0 Å². The van der Waals surface area contributed by atoms with Crippen molar-refractivity contribution in [1.82, 2.24) is 0 Å². The van der Waals surface area contributed by atoms with Gasteiger partial charge in [-0.25, -0.2) is 0 Å². The minimum absolute atomic E-state index is 0.681. The molecule has 0 spiro atoms. The maximum atomic E-state index is 5.69. The highest BCUT2D eigenvalue weighted by atomic mass is 16.5. The summed E-state index contributed by atoms with van der Waals surface area (Å²) in [5.41, 5.74) is 0. The van der Waals surface area contributed by atoms with E-state index in [9.17, 15) is 0 Å². The Bertz CT molecular complexity index is 283. The molecule has 0 unspecified atom stereocenters. The minimum atomic E-state index is 0.681. The smallest absolute Gasteiger partial charge is 0.102 e. The standard InChI is InChI=1S/C18H38N2O3/c1-19(7-3-4-8-19)11-13-21-15-17-23-18-16-22-14-12-20(2)9-5-6-10-20/h3-18H2,1-2H3/q+2. The van der Waals surface area contributed by atoms with Crippen LogP contribution in [0.5, 0.6) is 0 Å². The van der Waals surface area contributed by atoms with Crippen molar-refractivity contribution in [3.8, 4) is 0 Å². The van der Waals surface area contributed by atoms with E-state index in [1.807, 2.05) is 0 Å². The Morgan fingerprint density at radius 3 is 1.17 bits per heavy atom. The summed E-state index contributed by atoms with van der Waals surface area (Å²) in [5.74, 6) is 0. The van der Waals surface area contributed by atoms with E-state index in [2.05, 4.69) is 14.1 Å². The molecule has 0 aromatic heterocycles. The van der Waals surface area contributed by atoms with Gasteiger partial charge in [-0.2, -0.15) is 0 Å². The van der Waals surface area contributed by atoms with Crippen LogP contribution in [0.2, 0.25) is 0 Å². The largest absolute Gasteiger partial charge is 0.377 e. The lowest BCUT2D eigenvalue weighted by atomic mass is 10.4. The average Bonchev–Trinajstić information content (AvgIpc) is 3.15. The fourth-order valence-electron chi connectivity index (χ4n) is 3.76. The van der Waals surface area contributed by atoms with Crippen molar-refractivity contribution in [3.63, 3.8) is 0 Å². The number of hydrogen-bond acceptors (Lipinski definition) is 3. The number of likely N-dealkylation sites (tertiary alicyclic amines) is 2. The number of nitrogens with zero attached hydrogens (tertiary/aromatic N) is 2. The predicted octanol–water partition coefficient (Wildman–Crippen LogP) is 1.52. The zero-order valence-corrected chi connectivity index (χ0v) is 15.4. The van der Waals surface area contributed by atoms with E-state index >= 15 is 0 Å². The lowest BCUT2D eigenvalue weighted by Crippen LogP contribution is -2.43. The first kappa shape index (κ1) is 19.1. The predicted molar refractivity (Wildman–Crippen MR) is 92.5 cm³/mol. The highest BCUT2D eigenvalue weighted by Gasteiger charge is 2.26. The van der Waals surface area contributed by atoms with E-state index in [-0.39, 0.29) is 0 Å². The second-order valence-electron chi connectivity index (χ2n) is 7.83. The summed E-state index contributed by atoms with van der Waals surface area (Å²) in [6, 6.07) is 0. The van der Waals surface area contributed by atoms with E-state index in [0.29, 0.717) is 26.4 Å². The van der Waals surface area contributed by atoms with Crippen molar-refractivity contribution in [2.24, 2.45) is 0 Å². The quantitative estimate of drug-likeness (QED) is 0.401. The van der Waals surface area contributed by atoms with Gasteiger partial charge in [0.05, 0.1) is 79.9 Å². The maximum absolute atomic E-state index is 5.69. The molecule has 0 radical (unpaired) electrons. The zero-order valence-electron chi connectivity index (χ0n) is 15.4. The van der Waals surface area contributed by atoms with Crippen LogP contribution in [-0.4, -0.2) is 102 Å². The summed E-state index contributed by atoms with van der Waals surface area (Å²) in [4.78, 5) is 0. The maximum Gasteiger partial charge on any atom is 0.102 e. The summed E-state index contributed by atoms with van der Waals surface area (Å²) < 4.78 is 19.3. The summed E-state index contributed by atoms with van der Waals surface area (Å²) >= 11 is 0. The number of hydrogen-bond donors (Lipinski definition) is 0. The van der Waals surface area contributed by atoms with Gasteiger partial charge in [-0.1, -0.05) is 0 Å². The topological polar surface area (TPSA) is 27.7 Å². The van der Waals surface area contributed by atoms with Gasteiger partial charge in [0, 0.05) is 25.7 Å². The second-order valence-corrected chi connectivity index (χ2v) is 7.83. The van der Waals surface area contributed by atoms with Crippen molar-refractivity contribution < 1.29 is 23.2 Å². The molecule has 2 aliphatic rings. The molecule has 0 atom stereocenters. The van der Waals surface area contributed by atoms with Gasteiger partial charge in [-0.15, -0.1) is 0 Å². The molecule has 0 bridgehead atoms. The molecule has 5 heteroatoms. The van der Waals surface area contributed by atoms with Gasteiger partial charge in [-0.3, -0.25) is 0 Å². The van der Waals surface area contributed by atoms with Crippen LogP contribution in [0.1, 0.15) is 25.7 Å². The summed E-state index contributed by atoms with van der Waals surface area (Å²) in [6.07, 6.45) is 5.49. The van der Waals surface area contributed by atoms with Crippen LogP contribution in [0, 0.1) is 0 Å². The summed E-state index contributed by atoms with van der Waals surface area (Å²) in [6.45, 7) is 12.0. The first-order valence-electron chi connectivity index (χ1n) is 9.52. The fraction of sp³-hybridized carbons (Fsp3) is 1.00. The van der Waals surface area contributed by atoms with Crippen molar-refractivity contribution in [3.05, 3.63) is 0 Å². The Morgan fingerprint density at radius 1 is 0.522 bits per heavy atom. The Labute approximate surface area is 142 Å². The SMILES string of the molecule is C[N+]1(CCOCCOCCOCC[N+]2(C)CCCC2)CCCC1. The molecule has 5 nitrogen and oxygen atoms in total. The average molecular weight is 331 g/mol. The molecule has 2 saturated heterocycles.